The van der Waals surface area contributed by atoms with E-state index in [1.807, 2.05) is 24.6 Å². The lowest BCUT2D eigenvalue weighted by Crippen LogP contribution is -2.33. The first-order chi connectivity index (χ1) is 9.93. The van der Waals surface area contributed by atoms with E-state index in [1.54, 1.807) is 6.20 Å². The summed E-state index contributed by atoms with van der Waals surface area (Å²) in [7, 11) is 0. The molecule has 1 amide bonds. The van der Waals surface area contributed by atoms with Crippen LogP contribution in [0.1, 0.15) is 62.6 Å². The van der Waals surface area contributed by atoms with Gasteiger partial charge in [0.25, 0.3) is 5.91 Å². The molecule has 0 aliphatic heterocycles. The van der Waals surface area contributed by atoms with Gasteiger partial charge in [-0.1, -0.05) is 13.3 Å². The Bertz CT molecular complexity index is 645. The number of aromatic nitrogens is 3. The second-order valence-corrected chi connectivity index (χ2v) is 5.88. The van der Waals surface area contributed by atoms with Crippen molar-refractivity contribution in [1.29, 1.82) is 0 Å². The largest absolute Gasteiger partial charge is 0.350 e. The van der Waals surface area contributed by atoms with Crippen LogP contribution >= 0.6 is 0 Å². The second-order valence-electron chi connectivity index (χ2n) is 5.88. The van der Waals surface area contributed by atoms with Gasteiger partial charge in [-0.3, -0.25) is 4.79 Å². The van der Waals surface area contributed by atoms with Crippen LogP contribution in [0.25, 0.3) is 11.0 Å². The van der Waals surface area contributed by atoms with E-state index in [4.69, 9.17) is 0 Å². The normalized spacial score (nSPS) is 12.9. The van der Waals surface area contributed by atoms with Gasteiger partial charge in [0.1, 0.15) is 0 Å². The standard InChI is InChI=1S/C16H24N4O/c1-6-7-11(4)18-16(21)14-8-13-9-17-20(10(2)3)15(13)19-12(14)5/h8-11H,6-7H2,1-5H3,(H,18,21)/t11-/m0/s1. The van der Waals surface area contributed by atoms with E-state index < -0.39 is 0 Å². The highest BCUT2D eigenvalue weighted by Gasteiger charge is 2.16. The van der Waals surface area contributed by atoms with Gasteiger partial charge in [0.05, 0.1) is 17.5 Å². The van der Waals surface area contributed by atoms with E-state index in [9.17, 15) is 4.79 Å². The lowest BCUT2D eigenvalue weighted by Gasteiger charge is -2.14. The molecule has 2 aromatic heterocycles. The van der Waals surface area contributed by atoms with Gasteiger partial charge in [-0.05, 0) is 40.2 Å². The van der Waals surface area contributed by atoms with Gasteiger partial charge in [-0.15, -0.1) is 0 Å². The maximum absolute atomic E-state index is 12.4. The van der Waals surface area contributed by atoms with Gasteiger partial charge in [0.2, 0.25) is 0 Å². The van der Waals surface area contributed by atoms with Crippen molar-refractivity contribution in [2.75, 3.05) is 0 Å². The number of carbonyl (C=O) groups is 1. The summed E-state index contributed by atoms with van der Waals surface area (Å²) in [5, 5.41) is 8.28. The molecule has 21 heavy (non-hydrogen) atoms. The third kappa shape index (κ3) is 3.23. The zero-order chi connectivity index (χ0) is 15.6. The first-order valence-electron chi connectivity index (χ1n) is 7.59. The Hall–Kier alpha value is -1.91. The van der Waals surface area contributed by atoms with E-state index in [-0.39, 0.29) is 18.0 Å². The molecule has 114 valence electrons. The fraction of sp³-hybridized carbons (Fsp3) is 0.562. The van der Waals surface area contributed by atoms with Crippen LogP contribution < -0.4 is 5.32 Å². The molecule has 0 saturated heterocycles. The molecule has 0 spiro atoms. The third-order valence-electron chi connectivity index (χ3n) is 3.59. The molecule has 1 N–H and O–H groups in total. The average molecular weight is 288 g/mol. The number of aryl methyl sites for hydroxylation is 1. The van der Waals surface area contributed by atoms with Gasteiger partial charge in [0.15, 0.2) is 5.65 Å². The number of rotatable bonds is 5. The predicted octanol–water partition coefficient (Wildman–Crippen LogP) is 3.24. The molecular formula is C16H24N4O. The molecule has 2 heterocycles. The highest BCUT2D eigenvalue weighted by molar-refractivity contribution is 5.98. The predicted molar refractivity (Wildman–Crippen MR) is 84.5 cm³/mol. The molecule has 0 fully saturated rings. The number of carbonyl (C=O) groups excluding carboxylic acids is 1. The number of nitrogens with one attached hydrogen (secondary N) is 1. The van der Waals surface area contributed by atoms with E-state index >= 15 is 0 Å². The molecule has 2 rings (SSSR count). The summed E-state index contributed by atoms with van der Waals surface area (Å²) in [6, 6.07) is 2.31. The minimum absolute atomic E-state index is 0.0554. The summed E-state index contributed by atoms with van der Waals surface area (Å²) < 4.78 is 1.88. The topological polar surface area (TPSA) is 59.8 Å². The summed E-state index contributed by atoms with van der Waals surface area (Å²) in [5.74, 6) is -0.0554. The zero-order valence-corrected chi connectivity index (χ0v) is 13.5. The maximum atomic E-state index is 12.4. The van der Waals surface area contributed by atoms with Crippen molar-refractivity contribution >= 4 is 16.9 Å². The zero-order valence-electron chi connectivity index (χ0n) is 13.5. The van der Waals surface area contributed by atoms with E-state index in [2.05, 4.69) is 36.2 Å². The van der Waals surface area contributed by atoms with Crippen LogP contribution in [0.15, 0.2) is 12.3 Å². The molecule has 0 saturated carbocycles. The van der Waals surface area contributed by atoms with Crippen molar-refractivity contribution in [3.05, 3.63) is 23.5 Å². The third-order valence-corrected chi connectivity index (χ3v) is 3.59. The van der Waals surface area contributed by atoms with Crippen molar-refractivity contribution in [3.8, 4) is 0 Å². The molecule has 5 nitrogen and oxygen atoms in total. The number of hydrogen-bond donors (Lipinski definition) is 1. The summed E-state index contributed by atoms with van der Waals surface area (Å²) >= 11 is 0. The summed E-state index contributed by atoms with van der Waals surface area (Å²) in [6.07, 6.45) is 3.80. The van der Waals surface area contributed by atoms with Crippen molar-refractivity contribution in [3.63, 3.8) is 0 Å². The van der Waals surface area contributed by atoms with Crippen LogP contribution in [-0.4, -0.2) is 26.7 Å². The monoisotopic (exact) mass is 288 g/mol. The summed E-state index contributed by atoms with van der Waals surface area (Å²) in [6.45, 7) is 10.1. The van der Waals surface area contributed by atoms with Crippen LogP contribution in [0.3, 0.4) is 0 Å². The minimum Gasteiger partial charge on any atom is -0.350 e. The SMILES string of the molecule is CCC[C@H](C)NC(=O)c1cc2cnn(C(C)C)c2nc1C. The van der Waals surface area contributed by atoms with E-state index in [0.29, 0.717) is 5.56 Å². The Kier molecular flexibility index (Phi) is 4.60. The van der Waals surface area contributed by atoms with Gasteiger partial charge in [0, 0.05) is 17.5 Å². The van der Waals surface area contributed by atoms with E-state index in [1.165, 1.54) is 0 Å². The Morgan fingerprint density at radius 2 is 2.10 bits per heavy atom. The van der Waals surface area contributed by atoms with Crippen LogP contribution in [-0.2, 0) is 0 Å². The Labute approximate surface area is 125 Å². The fourth-order valence-electron chi connectivity index (χ4n) is 2.48. The summed E-state index contributed by atoms with van der Waals surface area (Å²) in [5.41, 5.74) is 2.21. The van der Waals surface area contributed by atoms with Crippen molar-refractivity contribution < 1.29 is 4.79 Å². The highest BCUT2D eigenvalue weighted by atomic mass is 16.1. The molecule has 1 atom stereocenters. The maximum Gasteiger partial charge on any atom is 0.253 e. The number of amides is 1. The second kappa shape index (κ2) is 6.24. The number of fused-ring (bicyclic) bond motifs is 1. The van der Waals surface area contributed by atoms with Crippen molar-refractivity contribution in [1.82, 2.24) is 20.1 Å². The van der Waals surface area contributed by atoms with Crippen LogP contribution in [0.2, 0.25) is 0 Å². The van der Waals surface area contributed by atoms with Crippen LogP contribution in [0.5, 0.6) is 0 Å². The van der Waals surface area contributed by atoms with Gasteiger partial charge < -0.3 is 5.32 Å². The van der Waals surface area contributed by atoms with Gasteiger partial charge >= 0.3 is 0 Å². The number of nitrogens with zero attached hydrogens (tertiary/aromatic N) is 3. The molecule has 0 aliphatic rings. The van der Waals surface area contributed by atoms with Gasteiger partial charge in [-0.2, -0.15) is 5.10 Å². The van der Waals surface area contributed by atoms with Crippen molar-refractivity contribution in [2.24, 2.45) is 0 Å². The molecule has 5 heteroatoms. The molecule has 0 radical (unpaired) electrons. The molecule has 0 bridgehead atoms. The molecule has 0 aromatic carbocycles. The highest BCUT2D eigenvalue weighted by Crippen LogP contribution is 2.19. The molecule has 0 aliphatic carbocycles. The Morgan fingerprint density at radius 3 is 2.71 bits per heavy atom. The van der Waals surface area contributed by atoms with E-state index in [0.717, 1.165) is 29.6 Å². The lowest BCUT2D eigenvalue weighted by atomic mass is 10.1. The molecule has 0 unspecified atom stereocenters. The van der Waals surface area contributed by atoms with Crippen molar-refractivity contribution in [2.45, 2.75) is 59.5 Å². The smallest absolute Gasteiger partial charge is 0.253 e. The van der Waals surface area contributed by atoms with Gasteiger partial charge in [-0.25, -0.2) is 9.67 Å². The Balaban J connectivity index is 2.33. The quantitative estimate of drug-likeness (QED) is 0.918. The van der Waals surface area contributed by atoms with Crippen LogP contribution in [0.4, 0.5) is 0 Å². The van der Waals surface area contributed by atoms with Crippen LogP contribution in [0, 0.1) is 6.92 Å². The molecular weight excluding hydrogens is 264 g/mol. The molecule has 2 aromatic rings. The minimum atomic E-state index is -0.0554. The first-order valence-corrected chi connectivity index (χ1v) is 7.59. The number of pyridine rings is 1. The summed E-state index contributed by atoms with van der Waals surface area (Å²) in [4.78, 5) is 16.9. The first kappa shape index (κ1) is 15.5. The Morgan fingerprint density at radius 1 is 1.38 bits per heavy atom. The lowest BCUT2D eigenvalue weighted by molar-refractivity contribution is 0.0937. The number of hydrogen-bond acceptors (Lipinski definition) is 3. The average Bonchev–Trinajstić information content (AvgIpc) is 2.80. The fourth-order valence-corrected chi connectivity index (χ4v) is 2.48.